The lowest BCUT2D eigenvalue weighted by atomic mass is 10.2. The van der Waals surface area contributed by atoms with Crippen LogP contribution in [-0.2, 0) is 11.4 Å². The minimum Gasteiger partial charge on any atom is -0.493 e. The molecule has 1 amide bonds. The van der Waals surface area contributed by atoms with Crippen molar-refractivity contribution < 1.29 is 19.0 Å². The van der Waals surface area contributed by atoms with Crippen LogP contribution < -0.4 is 19.6 Å². The second-order valence-electron chi connectivity index (χ2n) is 6.20. The Morgan fingerprint density at radius 2 is 1.73 bits per heavy atom. The minimum absolute atomic E-state index is 0.198. The second-order valence-corrected chi connectivity index (χ2v) is 6.60. The van der Waals surface area contributed by atoms with Gasteiger partial charge in [-0.1, -0.05) is 54.1 Å². The molecular formula is C23H21ClN2O4. The predicted octanol–water partition coefficient (Wildman–Crippen LogP) is 4.46. The Morgan fingerprint density at radius 1 is 0.967 bits per heavy atom. The molecule has 0 spiro atoms. The predicted molar refractivity (Wildman–Crippen MR) is 116 cm³/mol. The lowest BCUT2D eigenvalue weighted by Crippen LogP contribution is -2.24. The average molecular weight is 425 g/mol. The van der Waals surface area contributed by atoms with Crippen molar-refractivity contribution in [1.29, 1.82) is 0 Å². The van der Waals surface area contributed by atoms with Crippen molar-refractivity contribution in [3.8, 4) is 17.2 Å². The van der Waals surface area contributed by atoms with Crippen LogP contribution in [0.5, 0.6) is 17.2 Å². The molecule has 6 nitrogen and oxygen atoms in total. The zero-order chi connectivity index (χ0) is 21.2. The molecule has 3 aromatic carbocycles. The lowest BCUT2D eigenvalue weighted by Gasteiger charge is -2.11. The van der Waals surface area contributed by atoms with Crippen LogP contribution in [0.4, 0.5) is 0 Å². The van der Waals surface area contributed by atoms with Gasteiger partial charge in [-0.05, 0) is 41.5 Å². The first-order valence-electron chi connectivity index (χ1n) is 9.19. The number of carbonyl (C=O) groups is 1. The molecule has 3 aromatic rings. The van der Waals surface area contributed by atoms with Crippen LogP contribution in [0.15, 0.2) is 77.9 Å². The first-order chi connectivity index (χ1) is 14.7. The highest BCUT2D eigenvalue weighted by atomic mass is 35.5. The maximum atomic E-state index is 11.9. The van der Waals surface area contributed by atoms with Crippen molar-refractivity contribution in [3.05, 3.63) is 88.9 Å². The molecule has 0 radical (unpaired) electrons. The van der Waals surface area contributed by atoms with E-state index in [1.807, 2.05) is 36.4 Å². The summed E-state index contributed by atoms with van der Waals surface area (Å²) >= 11 is 5.98. The number of para-hydroxylation sites is 1. The molecule has 0 aliphatic carbocycles. The Labute approximate surface area is 180 Å². The monoisotopic (exact) mass is 424 g/mol. The number of nitrogens with zero attached hydrogens (tertiary/aromatic N) is 1. The third kappa shape index (κ3) is 6.25. The van der Waals surface area contributed by atoms with Gasteiger partial charge in [-0.15, -0.1) is 0 Å². The average Bonchev–Trinajstić information content (AvgIpc) is 2.78. The number of ether oxygens (including phenoxy) is 3. The second kappa shape index (κ2) is 10.9. The van der Waals surface area contributed by atoms with Crippen LogP contribution in [0.3, 0.4) is 0 Å². The number of hydrazone groups is 1. The number of hydrogen-bond acceptors (Lipinski definition) is 5. The Kier molecular flexibility index (Phi) is 7.69. The van der Waals surface area contributed by atoms with Crippen LogP contribution in [-0.4, -0.2) is 25.8 Å². The molecule has 1 N–H and O–H groups in total. The zero-order valence-corrected chi connectivity index (χ0v) is 17.1. The van der Waals surface area contributed by atoms with Crippen molar-refractivity contribution in [2.24, 2.45) is 5.10 Å². The van der Waals surface area contributed by atoms with E-state index in [4.69, 9.17) is 25.8 Å². The third-order valence-corrected chi connectivity index (χ3v) is 4.34. The molecule has 0 unspecified atom stereocenters. The van der Waals surface area contributed by atoms with E-state index in [-0.39, 0.29) is 6.61 Å². The van der Waals surface area contributed by atoms with Crippen LogP contribution in [0, 0.1) is 0 Å². The smallest absolute Gasteiger partial charge is 0.277 e. The van der Waals surface area contributed by atoms with Gasteiger partial charge in [-0.2, -0.15) is 5.10 Å². The summed E-state index contributed by atoms with van der Waals surface area (Å²) in [5, 5.41) is 4.38. The van der Waals surface area contributed by atoms with E-state index in [2.05, 4.69) is 10.5 Å². The fraction of sp³-hybridized carbons (Fsp3) is 0.130. The molecule has 0 bridgehead atoms. The van der Waals surface area contributed by atoms with Gasteiger partial charge >= 0.3 is 0 Å². The van der Waals surface area contributed by atoms with Crippen molar-refractivity contribution in [3.63, 3.8) is 0 Å². The summed E-state index contributed by atoms with van der Waals surface area (Å²) in [5.74, 6) is 1.23. The topological polar surface area (TPSA) is 69.2 Å². The largest absolute Gasteiger partial charge is 0.493 e. The van der Waals surface area contributed by atoms with Crippen LogP contribution in [0.1, 0.15) is 11.1 Å². The fourth-order valence-corrected chi connectivity index (χ4v) is 2.73. The molecule has 0 saturated carbocycles. The summed E-state index contributed by atoms with van der Waals surface area (Å²) in [4.78, 5) is 11.9. The highest BCUT2D eigenvalue weighted by Crippen LogP contribution is 2.28. The number of carbonyl (C=O) groups excluding carboxylic acids is 1. The fourth-order valence-electron chi connectivity index (χ4n) is 2.54. The van der Waals surface area contributed by atoms with Crippen LogP contribution in [0.2, 0.25) is 5.02 Å². The van der Waals surface area contributed by atoms with Gasteiger partial charge in [0.05, 0.1) is 18.3 Å². The standard InChI is InChI=1S/C23H21ClN2O4/c1-28-22-13-18(11-12-21(22)29-15-17-7-3-2-4-8-17)14-25-26-23(27)16-30-20-10-6-5-9-19(20)24/h2-14H,15-16H2,1H3,(H,26,27). The van der Waals surface area contributed by atoms with Crippen molar-refractivity contribution in [1.82, 2.24) is 5.43 Å². The lowest BCUT2D eigenvalue weighted by molar-refractivity contribution is -0.123. The van der Waals surface area contributed by atoms with Gasteiger partial charge in [0.15, 0.2) is 18.1 Å². The summed E-state index contributed by atoms with van der Waals surface area (Å²) in [6.07, 6.45) is 1.51. The Bertz CT molecular complexity index is 1010. The molecule has 0 saturated heterocycles. The molecule has 0 aliphatic rings. The van der Waals surface area contributed by atoms with E-state index in [9.17, 15) is 4.79 Å². The number of methoxy groups -OCH3 is 1. The maximum absolute atomic E-state index is 11.9. The van der Waals surface area contributed by atoms with Gasteiger partial charge in [0.1, 0.15) is 12.4 Å². The van der Waals surface area contributed by atoms with Crippen molar-refractivity contribution in [2.75, 3.05) is 13.7 Å². The number of benzene rings is 3. The maximum Gasteiger partial charge on any atom is 0.277 e. The van der Waals surface area contributed by atoms with E-state index in [0.717, 1.165) is 11.1 Å². The van der Waals surface area contributed by atoms with Crippen molar-refractivity contribution >= 4 is 23.7 Å². The van der Waals surface area contributed by atoms with E-state index in [1.165, 1.54) is 6.21 Å². The number of halogens is 1. The van der Waals surface area contributed by atoms with E-state index in [0.29, 0.717) is 28.9 Å². The first-order valence-corrected chi connectivity index (χ1v) is 9.57. The SMILES string of the molecule is COc1cc(C=NNC(=O)COc2ccccc2Cl)ccc1OCc1ccccc1. The molecule has 7 heteroatoms. The van der Waals surface area contributed by atoms with Crippen LogP contribution >= 0.6 is 11.6 Å². The molecule has 0 heterocycles. The van der Waals surface area contributed by atoms with E-state index < -0.39 is 5.91 Å². The number of nitrogens with one attached hydrogen (secondary N) is 1. The molecule has 0 aromatic heterocycles. The highest BCUT2D eigenvalue weighted by Gasteiger charge is 2.07. The molecular weight excluding hydrogens is 404 g/mol. The van der Waals surface area contributed by atoms with Crippen LogP contribution in [0.25, 0.3) is 0 Å². The Balaban J connectivity index is 1.52. The van der Waals surface area contributed by atoms with E-state index in [1.54, 1.807) is 43.5 Å². The molecule has 154 valence electrons. The normalized spacial score (nSPS) is 10.6. The zero-order valence-electron chi connectivity index (χ0n) is 16.4. The van der Waals surface area contributed by atoms with Crippen molar-refractivity contribution in [2.45, 2.75) is 6.61 Å². The number of rotatable bonds is 9. The minimum atomic E-state index is -0.402. The summed E-state index contributed by atoms with van der Waals surface area (Å²) in [6.45, 7) is 0.239. The summed E-state index contributed by atoms with van der Waals surface area (Å²) in [5.41, 5.74) is 4.21. The highest BCUT2D eigenvalue weighted by molar-refractivity contribution is 6.32. The Morgan fingerprint density at radius 3 is 2.50 bits per heavy atom. The quantitative estimate of drug-likeness (QED) is 0.407. The first kappa shape index (κ1) is 21.2. The number of amides is 1. The Hall–Kier alpha value is -3.51. The summed E-state index contributed by atoms with van der Waals surface area (Å²) < 4.78 is 16.6. The summed E-state index contributed by atoms with van der Waals surface area (Å²) in [6, 6.07) is 22.2. The summed E-state index contributed by atoms with van der Waals surface area (Å²) in [7, 11) is 1.57. The number of hydrogen-bond donors (Lipinski definition) is 1. The molecule has 30 heavy (non-hydrogen) atoms. The molecule has 0 aliphatic heterocycles. The molecule has 0 fully saturated rings. The van der Waals surface area contributed by atoms with Gasteiger partial charge in [-0.3, -0.25) is 4.79 Å². The van der Waals surface area contributed by atoms with Gasteiger partial charge in [0, 0.05) is 0 Å². The van der Waals surface area contributed by atoms with Gasteiger partial charge in [-0.25, -0.2) is 5.43 Å². The van der Waals surface area contributed by atoms with Gasteiger partial charge in [0.2, 0.25) is 0 Å². The molecule has 3 rings (SSSR count). The van der Waals surface area contributed by atoms with Gasteiger partial charge in [0.25, 0.3) is 5.91 Å². The van der Waals surface area contributed by atoms with E-state index >= 15 is 0 Å². The third-order valence-electron chi connectivity index (χ3n) is 4.02. The van der Waals surface area contributed by atoms with Gasteiger partial charge < -0.3 is 14.2 Å². The molecule has 0 atom stereocenters.